The number of hydrogen-bond donors (Lipinski definition) is 2. The van der Waals surface area contributed by atoms with Gasteiger partial charge in [-0.1, -0.05) is 13.8 Å². The Bertz CT molecular complexity index is 503. The second kappa shape index (κ2) is 6.85. The summed E-state index contributed by atoms with van der Waals surface area (Å²) >= 11 is 0. The van der Waals surface area contributed by atoms with Crippen LogP contribution >= 0.6 is 0 Å². The lowest BCUT2D eigenvalue weighted by atomic mass is 10.2. The van der Waals surface area contributed by atoms with Gasteiger partial charge in [-0.2, -0.15) is 0 Å². The Hall–Kier alpha value is -1.69. The third kappa shape index (κ3) is 3.69. The van der Waals surface area contributed by atoms with Crippen LogP contribution in [-0.2, 0) is 0 Å². The number of carbonyl (C=O) groups is 1. The number of nitrogens with zero attached hydrogens (tertiary/aromatic N) is 3. The molecule has 0 spiro atoms. The molecular formula is C15H25N5O. The van der Waals surface area contributed by atoms with E-state index in [1.807, 2.05) is 13.8 Å². The molecule has 1 aromatic rings. The van der Waals surface area contributed by atoms with Crippen molar-refractivity contribution >= 4 is 11.6 Å². The Morgan fingerprint density at radius 3 is 2.86 bits per heavy atom. The van der Waals surface area contributed by atoms with Gasteiger partial charge in [0, 0.05) is 25.6 Å². The Morgan fingerprint density at radius 1 is 1.52 bits per heavy atom. The minimum atomic E-state index is -0.135. The number of likely N-dealkylation sites (N-methyl/N-ethyl adjacent to an activating group) is 1. The lowest BCUT2D eigenvalue weighted by molar-refractivity contribution is 0.0939. The second-order valence-electron chi connectivity index (χ2n) is 5.88. The zero-order valence-electron chi connectivity index (χ0n) is 13.3. The number of hydrogen-bond acceptors (Lipinski definition) is 5. The number of nitrogens with one attached hydrogen (secondary N) is 2. The largest absolute Gasteiger partial charge is 0.385 e. The van der Waals surface area contributed by atoms with E-state index in [0.29, 0.717) is 29.8 Å². The Morgan fingerprint density at radius 2 is 2.29 bits per heavy atom. The topological polar surface area (TPSA) is 70.1 Å². The highest BCUT2D eigenvalue weighted by Gasteiger charge is 2.22. The average molecular weight is 291 g/mol. The summed E-state index contributed by atoms with van der Waals surface area (Å²) in [6.07, 6.45) is 4.01. The zero-order valence-corrected chi connectivity index (χ0v) is 13.3. The van der Waals surface area contributed by atoms with Gasteiger partial charge in [0.15, 0.2) is 5.69 Å². The third-order valence-electron chi connectivity index (χ3n) is 3.98. The molecule has 1 aliphatic heterocycles. The van der Waals surface area contributed by atoms with E-state index in [1.165, 1.54) is 6.42 Å². The number of carbonyl (C=O) groups excluding carboxylic acids is 1. The molecule has 6 heteroatoms. The highest BCUT2D eigenvalue weighted by Crippen LogP contribution is 2.17. The van der Waals surface area contributed by atoms with E-state index in [-0.39, 0.29) is 11.8 Å². The van der Waals surface area contributed by atoms with Gasteiger partial charge in [0.25, 0.3) is 5.91 Å². The molecule has 0 bridgehead atoms. The van der Waals surface area contributed by atoms with E-state index in [0.717, 1.165) is 13.0 Å². The average Bonchev–Trinajstić information content (AvgIpc) is 2.89. The minimum absolute atomic E-state index is 0.135. The highest BCUT2D eigenvalue weighted by molar-refractivity contribution is 5.97. The third-order valence-corrected chi connectivity index (χ3v) is 3.98. The summed E-state index contributed by atoms with van der Waals surface area (Å²) in [5, 5.41) is 5.98. The van der Waals surface area contributed by atoms with Crippen LogP contribution in [0.5, 0.6) is 0 Å². The molecule has 2 heterocycles. The van der Waals surface area contributed by atoms with Crippen LogP contribution in [0.3, 0.4) is 0 Å². The van der Waals surface area contributed by atoms with Crippen LogP contribution in [0.2, 0.25) is 0 Å². The molecule has 0 saturated carbocycles. The van der Waals surface area contributed by atoms with E-state index in [9.17, 15) is 4.79 Å². The summed E-state index contributed by atoms with van der Waals surface area (Å²) in [4.78, 5) is 23.4. The number of anilines is 1. The maximum absolute atomic E-state index is 12.4. The highest BCUT2D eigenvalue weighted by atomic mass is 16.1. The molecule has 2 N–H and O–H groups in total. The van der Waals surface area contributed by atoms with Crippen molar-refractivity contribution in [3.05, 3.63) is 17.7 Å². The van der Waals surface area contributed by atoms with Crippen molar-refractivity contribution in [3.63, 3.8) is 0 Å². The van der Waals surface area contributed by atoms with Crippen LogP contribution in [0.4, 0.5) is 5.69 Å². The van der Waals surface area contributed by atoms with Crippen molar-refractivity contribution in [2.45, 2.75) is 38.6 Å². The molecule has 1 aromatic heterocycles. The summed E-state index contributed by atoms with van der Waals surface area (Å²) in [6.45, 7) is 5.81. The molecule has 0 radical (unpaired) electrons. The van der Waals surface area contributed by atoms with Gasteiger partial charge in [-0.25, -0.2) is 9.97 Å². The van der Waals surface area contributed by atoms with Gasteiger partial charge in [0.05, 0.1) is 11.9 Å². The van der Waals surface area contributed by atoms with Crippen molar-refractivity contribution in [1.82, 2.24) is 20.2 Å². The first-order valence-corrected chi connectivity index (χ1v) is 7.56. The van der Waals surface area contributed by atoms with Crippen molar-refractivity contribution in [2.24, 2.45) is 0 Å². The molecule has 0 aliphatic carbocycles. The maximum Gasteiger partial charge on any atom is 0.272 e. The van der Waals surface area contributed by atoms with E-state index >= 15 is 0 Å². The summed E-state index contributed by atoms with van der Waals surface area (Å²) < 4.78 is 0. The molecule has 1 saturated heterocycles. The monoisotopic (exact) mass is 291 g/mol. The Kier molecular flexibility index (Phi) is 5.12. The zero-order chi connectivity index (χ0) is 15.4. The van der Waals surface area contributed by atoms with Crippen LogP contribution in [0, 0.1) is 0 Å². The fourth-order valence-electron chi connectivity index (χ4n) is 2.56. The molecule has 1 atom stereocenters. The SMILES string of the molecule is CNc1cnc(C(C)C)nc1C(=O)NCC1CCCN1C. The van der Waals surface area contributed by atoms with Gasteiger partial charge in [-0.15, -0.1) is 0 Å². The summed E-state index contributed by atoms with van der Waals surface area (Å²) in [6, 6.07) is 0.429. The second-order valence-corrected chi connectivity index (χ2v) is 5.88. The molecular weight excluding hydrogens is 266 g/mol. The Balaban J connectivity index is 2.08. The number of amides is 1. The standard InChI is InChI=1S/C15H25N5O/c1-10(2)14-17-9-12(16-3)13(19-14)15(21)18-8-11-6-5-7-20(11)4/h9-11,16H,5-8H2,1-4H3,(H,18,21). The fourth-order valence-corrected chi connectivity index (χ4v) is 2.56. The fraction of sp³-hybridized carbons (Fsp3) is 0.667. The maximum atomic E-state index is 12.4. The van der Waals surface area contributed by atoms with Crippen molar-refractivity contribution < 1.29 is 4.79 Å². The molecule has 116 valence electrons. The quantitative estimate of drug-likeness (QED) is 0.859. The van der Waals surface area contributed by atoms with Crippen LogP contribution < -0.4 is 10.6 Å². The first kappa shape index (κ1) is 15.7. The van der Waals surface area contributed by atoms with E-state index < -0.39 is 0 Å². The van der Waals surface area contributed by atoms with Gasteiger partial charge < -0.3 is 15.5 Å². The summed E-state index contributed by atoms with van der Waals surface area (Å²) in [5.41, 5.74) is 1.09. The number of rotatable bonds is 5. The molecule has 1 aliphatic rings. The predicted molar refractivity (Wildman–Crippen MR) is 83.7 cm³/mol. The van der Waals surface area contributed by atoms with Gasteiger partial charge in [0.1, 0.15) is 5.82 Å². The lowest BCUT2D eigenvalue weighted by Crippen LogP contribution is -2.38. The van der Waals surface area contributed by atoms with Gasteiger partial charge in [-0.05, 0) is 26.4 Å². The summed E-state index contributed by atoms with van der Waals surface area (Å²) in [5.74, 6) is 0.754. The molecule has 6 nitrogen and oxygen atoms in total. The van der Waals surface area contributed by atoms with E-state index in [1.54, 1.807) is 13.2 Å². The smallest absolute Gasteiger partial charge is 0.272 e. The summed E-state index contributed by atoms with van der Waals surface area (Å²) in [7, 11) is 3.87. The number of aromatic nitrogens is 2. The van der Waals surface area contributed by atoms with E-state index in [2.05, 4.69) is 32.5 Å². The molecule has 1 fully saturated rings. The predicted octanol–water partition coefficient (Wildman–Crippen LogP) is 1.47. The molecule has 21 heavy (non-hydrogen) atoms. The molecule has 0 aromatic carbocycles. The van der Waals surface area contributed by atoms with Crippen molar-refractivity contribution in [1.29, 1.82) is 0 Å². The van der Waals surface area contributed by atoms with Crippen LogP contribution in [-0.4, -0.2) is 54.0 Å². The Labute approximate surface area is 126 Å². The van der Waals surface area contributed by atoms with Gasteiger partial charge in [-0.3, -0.25) is 4.79 Å². The van der Waals surface area contributed by atoms with Crippen LogP contribution in [0.15, 0.2) is 6.20 Å². The van der Waals surface area contributed by atoms with E-state index in [4.69, 9.17) is 0 Å². The lowest BCUT2D eigenvalue weighted by Gasteiger charge is -2.20. The first-order valence-electron chi connectivity index (χ1n) is 7.56. The molecule has 1 amide bonds. The van der Waals surface area contributed by atoms with Crippen LogP contribution in [0.25, 0.3) is 0 Å². The first-order chi connectivity index (χ1) is 10.0. The van der Waals surface area contributed by atoms with Gasteiger partial charge >= 0.3 is 0 Å². The van der Waals surface area contributed by atoms with Crippen molar-refractivity contribution in [2.75, 3.05) is 32.5 Å². The minimum Gasteiger partial charge on any atom is -0.385 e. The van der Waals surface area contributed by atoms with Crippen LogP contribution in [0.1, 0.15) is 48.9 Å². The molecule has 2 rings (SSSR count). The van der Waals surface area contributed by atoms with Gasteiger partial charge in [0.2, 0.25) is 0 Å². The number of likely N-dealkylation sites (tertiary alicyclic amines) is 1. The van der Waals surface area contributed by atoms with Crippen molar-refractivity contribution in [3.8, 4) is 0 Å². The molecule has 1 unspecified atom stereocenters. The normalized spacial score (nSPS) is 19.0.